The summed E-state index contributed by atoms with van der Waals surface area (Å²) in [5.74, 6) is 0.705. The highest BCUT2D eigenvalue weighted by molar-refractivity contribution is 7.90. The van der Waals surface area contributed by atoms with E-state index in [0.717, 1.165) is 17.5 Å². The van der Waals surface area contributed by atoms with Gasteiger partial charge in [0.15, 0.2) is 17.1 Å². The van der Waals surface area contributed by atoms with Gasteiger partial charge in [0.2, 0.25) is 0 Å². The van der Waals surface area contributed by atoms with Crippen LogP contribution < -0.4 is 15.2 Å². The van der Waals surface area contributed by atoms with Gasteiger partial charge in [0.25, 0.3) is 0 Å². The monoisotopic (exact) mass is 474 g/mol. The number of aromatic nitrogens is 4. The number of rotatable bonds is 8. The summed E-state index contributed by atoms with van der Waals surface area (Å²) in [6.07, 6.45) is 2.76. The van der Waals surface area contributed by atoms with E-state index in [4.69, 9.17) is 9.47 Å². The summed E-state index contributed by atoms with van der Waals surface area (Å²) >= 11 is 1.46. The summed E-state index contributed by atoms with van der Waals surface area (Å²) < 4.78 is 36.9. The molecular formula is C21H22N4O5S2. The predicted molar refractivity (Wildman–Crippen MR) is 123 cm³/mol. The number of nitrogens with one attached hydrogen (secondary N) is 1. The molecule has 0 fully saturated rings. The summed E-state index contributed by atoms with van der Waals surface area (Å²) in [6, 6.07) is 6.10. The Hall–Kier alpha value is -3.18. The Labute approximate surface area is 188 Å². The van der Waals surface area contributed by atoms with E-state index in [1.807, 2.05) is 12.3 Å². The van der Waals surface area contributed by atoms with Crippen LogP contribution in [0.5, 0.6) is 11.5 Å². The third-order valence-electron chi connectivity index (χ3n) is 4.93. The Morgan fingerprint density at radius 1 is 1.22 bits per heavy atom. The third-order valence-corrected chi connectivity index (χ3v) is 6.44. The first-order valence-electron chi connectivity index (χ1n) is 9.78. The van der Waals surface area contributed by atoms with Crippen molar-refractivity contribution in [3.8, 4) is 22.8 Å². The van der Waals surface area contributed by atoms with Crippen molar-refractivity contribution in [2.24, 2.45) is 0 Å². The van der Waals surface area contributed by atoms with Gasteiger partial charge in [0.1, 0.15) is 9.84 Å². The lowest BCUT2D eigenvalue weighted by Gasteiger charge is -2.20. The van der Waals surface area contributed by atoms with Crippen molar-refractivity contribution < 1.29 is 17.9 Å². The van der Waals surface area contributed by atoms with Crippen molar-refractivity contribution >= 4 is 32.3 Å². The molecule has 4 aromatic rings. The summed E-state index contributed by atoms with van der Waals surface area (Å²) in [7, 11) is -1.92. The first-order chi connectivity index (χ1) is 15.3. The van der Waals surface area contributed by atoms with Gasteiger partial charge in [0.05, 0.1) is 42.2 Å². The first-order valence-corrected chi connectivity index (χ1v) is 12.8. The Morgan fingerprint density at radius 2 is 2.03 bits per heavy atom. The van der Waals surface area contributed by atoms with Crippen molar-refractivity contribution in [2.45, 2.75) is 13.0 Å². The van der Waals surface area contributed by atoms with Crippen LogP contribution in [0.1, 0.15) is 18.5 Å². The lowest BCUT2D eigenvalue weighted by molar-refractivity contribution is 0.310. The molecule has 0 bridgehead atoms. The van der Waals surface area contributed by atoms with Crippen LogP contribution in [0.4, 0.5) is 0 Å². The Balaban J connectivity index is 1.88. The fourth-order valence-corrected chi connectivity index (χ4v) is 5.05. The molecule has 3 aromatic heterocycles. The van der Waals surface area contributed by atoms with Crippen molar-refractivity contribution in [3.05, 3.63) is 57.4 Å². The number of methoxy groups -OCH3 is 1. The van der Waals surface area contributed by atoms with Crippen LogP contribution in [-0.2, 0) is 9.84 Å². The number of hydrogen-bond donors (Lipinski definition) is 1. The predicted octanol–water partition coefficient (Wildman–Crippen LogP) is 2.89. The molecule has 3 heterocycles. The van der Waals surface area contributed by atoms with E-state index in [1.54, 1.807) is 36.0 Å². The quantitative estimate of drug-likeness (QED) is 0.417. The molecular weight excluding hydrogens is 452 g/mol. The number of pyridine rings is 1. The third kappa shape index (κ3) is 4.39. The molecule has 1 aromatic carbocycles. The van der Waals surface area contributed by atoms with E-state index < -0.39 is 21.6 Å². The lowest BCUT2D eigenvalue weighted by atomic mass is 10.1. The molecule has 0 saturated carbocycles. The molecule has 32 heavy (non-hydrogen) atoms. The van der Waals surface area contributed by atoms with Gasteiger partial charge < -0.3 is 14.5 Å². The van der Waals surface area contributed by atoms with Gasteiger partial charge in [-0.1, -0.05) is 6.07 Å². The minimum atomic E-state index is -3.45. The maximum absolute atomic E-state index is 13.0. The zero-order chi connectivity index (χ0) is 22.9. The lowest BCUT2D eigenvalue weighted by Crippen LogP contribution is -2.28. The molecule has 11 heteroatoms. The number of benzene rings is 1. The molecule has 0 aliphatic rings. The second kappa shape index (κ2) is 8.75. The van der Waals surface area contributed by atoms with Gasteiger partial charge in [-0.15, -0.1) is 11.3 Å². The molecule has 0 spiro atoms. The SMILES string of the molecule is CCOc1cc(C(CS(C)(=O)=O)n2c(=O)[nH]c3cc(-c4cscn4)cnc32)ccc1OC. The highest BCUT2D eigenvalue weighted by Crippen LogP contribution is 2.33. The van der Waals surface area contributed by atoms with Crippen LogP contribution in [0.2, 0.25) is 0 Å². The van der Waals surface area contributed by atoms with E-state index in [-0.39, 0.29) is 5.75 Å². The van der Waals surface area contributed by atoms with Crippen LogP contribution in [0.15, 0.2) is 46.1 Å². The number of nitrogens with zero attached hydrogens (tertiary/aromatic N) is 3. The van der Waals surface area contributed by atoms with Crippen LogP contribution in [0.25, 0.3) is 22.4 Å². The van der Waals surface area contributed by atoms with Gasteiger partial charge in [0, 0.05) is 23.4 Å². The van der Waals surface area contributed by atoms with Crippen molar-refractivity contribution in [1.82, 2.24) is 19.5 Å². The largest absolute Gasteiger partial charge is 0.493 e. The molecule has 4 rings (SSSR count). The number of ether oxygens (including phenoxy) is 2. The highest BCUT2D eigenvalue weighted by atomic mass is 32.2. The summed E-state index contributed by atoms with van der Waals surface area (Å²) in [6.45, 7) is 2.25. The normalized spacial score (nSPS) is 12.7. The topological polar surface area (TPSA) is 116 Å². The van der Waals surface area contributed by atoms with Crippen molar-refractivity contribution in [3.63, 3.8) is 0 Å². The van der Waals surface area contributed by atoms with Crippen LogP contribution >= 0.6 is 11.3 Å². The van der Waals surface area contributed by atoms with Gasteiger partial charge in [-0.3, -0.25) is 4.57 Å². The van der Waals surface area contributed by atoms with E-state index in [1.165, 1.54) is 23.0 Å². The molecule has 0 aliphatic carbocycles. The number of hydrogen-bond acceptors (Lipinski definition) is 8. The van der Waals surface area contributed by atoms with E-state index in [2.05, 4.69) is 15.0 Å². The van der Waals surface area contributed by atoms with Crippen LogP contribution in [0.3, 0.4) is 0 Å². The molecule has 1 N–H and O–H groups in total. The summed E-state index contributed by atoms with van der Waals surface area (Å²) in [4.78, 5) is 24.5. The summed E-state index contributed by atoms with van der Waals surface area (Å²) in [5, 5.41) is 1.89. The second-order valence-electron chi connectivity index (χ2n) is 7.22. The molecule has 0 aliphatic heterocycles. The van der Waals surface area contributed by atoms with Crippen LogP contribution in [0, 0.1) is 0 Å². The van der Waals surface area contributed by atoms with E-state index >= 15 is 0 Å². The average molecular weight is 475 g/mol. The van der Waals surface area contributed by atoms with E-state index in [9.17, 15) is 13.2 Å². The van der Waals surface area contributed by atoms with Crippen molar-refractivity contribution in [2.75, 3.05) is 25.7 Å². The number of thiazole rings is 1. The van der Waals surface area contributed by atoms with Crippen LogP contribution in [-0.4, -0.2) is 53.7 Å². The number of aromatic amines is 1. The number of sulfone groups is 1. The fraction of sp³-hybridized carbons (Fsp3) is 0.286. The molecule has 0 saturated heterocycles. The van der Waals surface area contributed by atoms with Crippen molar-refractivity contribution in [1.29, 1.82) is 0 Å². The second-order valence-corrected chi connectivity index (χ2v) is 10.1. The Bertz CT molecular complexity index is 1410. The number of H-pyrrole nitrogens is 1. The Kier molecular flexibility index (Phi) is 6.02. The smallest absolute Gasteiger partial charge is 0.328 e. The number of fused-ring (bicyclic) bond motifs is 1. The Morgan fingerprint density at radius 3 is 2.69 bits per heavy atom. The zero-order valence-corrected chi connectivity index (χ0v) is 19.4. The maximum atomic E-state index is 13.0. The van der Waals surface area contributed by atoms with Gasteiger partial charge in [-0.2, -0.15) is 0 Å². The number of imidazole rings is 1. The standard InChI is InChI=1S/C21H22N4O5S2/c1-4-30-19-8-13(5-6-18(19)29-2)17(11-32(3,27)28)25-20-15(24-21(25)26)7-14(9-22-20)16-10-31-12-23-16/h5-10,12,17H,4,11H2,1-3H3,(H,24,26). The fourth-order valence-electron chi connectivity index (χ4n) is 3.57. The molecule has 9 nitrogen and oxygen atoms in total. The maximum Gasteiger partial charge on any atom is 0.328 e. The highest BCUT2D eigenvalue weighted by Gasteiger charge is 2.25. The molecule has 0 amide bonds. The molecule has 1 unspecified atom stereocenters. The minimum absolute atomic E-state index is 0.284. The van der Waals surface area contributed by atoms with E-state index in [0.29, 0.717) is 34.8 Å². The van der Waals surface area contributed by atoms with Gasteiger partial charge in [-0.25, -0.2) is 23.2 Å². The molecule has 168 valence electrons. The average Bonchev–Trinajstić information content (AvgIpc) is 3.38. The first kappa shape index (κ1) is 22.0. The molecule has 1 atom stereocenters. The van der Waals surface area contributed by atoms with Gasteiger partial charge >= 0.3 is 5.69 Å². The summed E-state index contributed by atoms with van der Waals surface area (Å²) in [5.41, 5.74) is 4.22. The molecule has 0 radical (unpaired) electrons. The van der Waals surface area contributed by atoms with Gasteiger partial charge in [-0.05, 0) is 30.7 Å². The zero-order valence-electron chi connectivity index (χ0n) is 17.7. The minimum Gasteiger partial charge on any atom is -0.493 e.